The van der Waals surface area contributed by atoms with E-state index in [4.69, 9.17) is 18.9 Å². The third kappa shape index (κ3) is 10.4. The van der Waals surface area contributed by atoms with E-state index >= 15 is 0 Å². The van der Waals surface area contributed by atoms with Crippen LogP contribution < -0.4 is 0 Å². The molecule has 0 unspecified atom stereocenters. The first-order chi connectivity index (χ1) is 14.3. The molecule has 0 rings (SSSR count). The van der Waals surface area contributed by atoms with E-state index in [1.54, 1.807) is 55.4 Å². The monoisotopic (exact) mass is 920 g/mol. The molecule has 0 heterocycles. The van der Waals surface area contributed by atoms with Crippen molar-refractivity contribution in [2.75, 3.05) is 6.61 Å². The molecule has 0 spiro atoms. The molecule has 0 saturated heterocycles. The van der Waals surface area contributed by atoms with E-state index in [1.165, 1.54) is 13.8 Å². The first kappa shape index (κ1) is 33.8. The third-order valence-corrected chi connectivity index (χ3v) is 5.78. The van der Waals surface area contributed by atoms with Gasteiger partial charge in [0.1, 0.15) is 25.7 Å². The van der Waals surface area contributed by atoms with Crippen LogP contribution in [-0.2, 0) is 38.1 Å². The lowest BCUT2D eigenvalue weighted by molar-refractivity contribution is -0.378. The van der Waals surface area contributed by atoms with E-state index in [-0.39, 0.29) is 6.61 Å². The Bertz CT molecular complexity index is 696. The SMILES string of the molecule is CC(C)(I)C(=O)OCC(C)(C)C(OC(=O)C(C)(C)I)(OC(=O)C(C)(C)I)OC(=O)C(C)(C)I. The zero-order valence-corrected chi connectivity index (χ0v) is 29.1. The van der Waals surface area contributed by atoms with Gasteiger partial charge < -0.3 is 18.9 Å². The van der Waals surface area contributed by atoms with Crippen LogP contribution in [0.2, 0.25) is 0 Å². The minimum atomic E-state index is -2.50. The molecule has 0 atom stereocenters. The average molecular weight is 920 g/mol. The number of rotatable bonds is 10. The minimum Gasteiger partial charge on any atom is -0.464 e. The Morgan fingerprint density at radius 1 is 0.515 bits per heavy atom. The van der Waals surface area contributed by atoms with Gasteiger partial charge in [0.05, 0.1) is 0 Å². The largest absolute Gasteiger partial charge is 0.464 e. The summed E-state index contributed by atoms with van der Waals surface area (Å²) < 4.78 is 18.5. The number of esters is 4. The molecule has 0 amide bonds. The van der Waals surface area contributed by atoms with Crippen molar-refractivity contribution in [2.24, 2.45) is 5.41 Å². The maximum Gasteiger partial charge on any atom is 0.432 e. The van der Waals surface area contributed by atoms with Crippen molar-refractivity contribution in [3.05, 3.63) is 0 Å². The van der Waals surface area contributed by atoms with Crippen LogP contribution in [0.3, 0.4) is 0 Å². The molecule has 0 fully saturated rings. The molecule has 0 saturated carbocycles. The Kier molecular flexibility index (Phi) is 11.7. The van der Waals surface area contributed by atoms with Crippen molar-refractivity contribution in [2.45, 2.75) is 88.9 Å². The van der Waals surface area contributed by atoms with Gasteiger partial charge in [-0.05, 0) is 69.2 Å². The number of ether oxygens (including phenoxy) is 4. The van der Waals surface area contributed by atoms with E-state index in [2.05, 4.69) is 0 Å². The molecule has 0 aromatic carbocycles. The standard InChI is InChI=1S/C21H32I4O8/c1-16(2,11-30-12(26)17(3,4)22)21(31-13(27)18(5,6)23,32-14(28)19(7,8)24)33-15(29)20(9,10)25/h11H2,1-10H3. The second-order valence-electron chi connectivity index (χ2n) is 10.1. The van der Waals surface area contributed by atoms with Crippen molar-refractivity contribution in [3.8, 4) is 0 Å². The van der Waals surface area contributed by atoms with Crippen molar-refractivity contribution in [1.82, 2.24) is 0 Å². The Hall–Kier alpha value is 0.800. The lowest BCUT2D eigenvalue weighted by Crippen LogP contribution is -2.60. The van der Waals surface area contributed by atoms with Gasteiger partial charge in [-0.2, -0.15) is 0 Å². The lowest BCUT2D eigenvalue weighted by Gasteiger charge is -2.44. The molecule has 8 nitrogen and oxygen atoms in total. The first-order valence-electron chi connectivity index (χ1n) is 9.89. The van der Waals surface area contributed by atoms with Crippen LogP contribution in [0.25, 0.3) is 0 Å². The number of hydrogen-bond donors (Lipinski definition) is 0. The van der Waals surface area contributed by atoms with Gasteiger partial charge in [-0.15, -0.1) is 0 Å². The summed E-state index contributed by atoms with van der Waals surface area (Å²) in [4.78, 5) is 51.3. The van der Waals surface area contributed by atoms with Crippen molar-refractivity contribution in [1.29, 1.82) is 0 Å². The summed E-state index contributed by atoms with van der Waals surface area (Å²) >= 11 is 7.54. The summed E-state index contributed by atoms with van der Waals surface area (Å²) in [5, 5.41) is 0. The predicted molar refractivity (Wildman–Crippen MR) is 158 cm³/mol. The summed E-state index contributed by atoms with van der Waals surface area (Å²) in [6, 6.07) is 0. The maximum absolute atomic E-state index is 13.0. The smallest absolute Gasteiger partial charge is 0.432 e. The molecule has 0 aliphatic rings. The predicted octanol–water partition coefficient (Wildman–Crippen LogP) is 5.69. The van der Waals surface area contributed by atoms with Gasteiger partial charge in [0.25, 0.3) is 0 Å². The van der Waals surface area contributed by atoms with E-state index in [1.807, 2.05) is 90.4 Å². The topological polar surface area (TPSA) is 105 Å². The highest BCUT2D eigenvalue weighted by Crippen LogP contribution is 2.42. The van der Waals surface area contributed by atoms with Gasteiger partial charge in [0, 0.05) is 0 Å². The molecule has 0 aromatic rings. The van der Waals surface area contributed by atoms with Gasteiger partial charge in [0.2, 0.25) is 0 Å². The highest BCUT2D eigenvalue weighted by atomic mass is 127. The zero-order valence-electron chi connectivity index (χ0n) is 20.5. The number of hydrogen-bond acceptors (Lipinski definition) is 8. The molecule has 33 heavy (non-hydrogen) atoms. The maximum atomic E-state index is 13.0. The summed E-state index contributed by atoms with van der Waals surface area (Å²) in [5.41, 5.74) is -1.48. The zero-order chi connectivity index (χ0) is 26.8. The van der Waals surface area contributed by atoms with Crippen molar-refractivity contribution in [3.63, 3.8) is 0 Å². The number of alkyl halides is 4. The van der Waals surface area contributed by atoms with Crippen LogP contribution in [0, 0.1) is 5.41 Å². The van der Waals surface area contributed by atoms with Gasteiger partial charge in [-0.25, -0.2) is 0 Å². The van der Waals surface area contributed by atoms with E-state index < -0.39 is 49.0 Å². The molecule has 0 radical (unpaired) electrons. The molecule has 0 N–H and O–H groups in total. The Labute approximate surface area is 250 Å². The van der Waals surface area contributed by atoms with Crippen molar-refractivity contribution < 1.29 is 38.1 Å². The van der Waals surface area contributed by atoms with Gasteiger partial charge in [-0.1, -0.05) is 90.4 Å². The summed E-state index contributed by atoms with van der Waals surface area (Å²) in [6.07, 6.45) is 0. The normalized spacial score (nSPS) is 13.8. The summed E-state index contributed by atoms with van der Waals surface area (Å²) in [5.74, 6) is -5.38. The van der Waals surface area contributed by atoms with E-state index in [0.717, 1.165) is 0 Å². The van der Waals surface area contributed by atoms with Crippen LogP contribution in [0.15, 0.2) is 0 Å². The highest BCUT2D eigenvalue weighted by Gasteiger charge is 2.61. The Morgan fingerprint density at radius 2 is 0.758 bits per heavy atom. The van der Waals surface area contributed by atoms with Crippen LogP contribution in [0.4, 0.5) is 0 Å². The number of halogens is 4. The molecule has 0 aliphatic carbocycles. The Morgan fingerprint density at radius 3 is 0.970 bits per heavy atom. The highest BCUT2D eigenvalue weighted by molar-refractivity contribution is 14.1. The number of carbonyl (C=O) groups is 4. The molecule has 192 valence electrons. The molecule has 0 aliphatic heterocycles. The van der Waals surface area contributed by atoms with Gasteiger partial charge >= 0.3 is 29.9 Å². The third-order valence-electron chi connectivity index (χ3n) is 4.02. The molecule has 12 heteroatoms. The first-order valence-corrected chi connectivity index (χ1v) is 14.2. The fourth-order valence-electron chi connectivity index (χ4n) is 1.71. The summed E-state index contributed by atoms with van der Waals surface area (Å²) in [6.45, 7) is 15.6. The van der Waals surface area contributed by atoms with Crippen LogP contribution >= 0.6 is 90.4 Å². The molecular weight excluding hydrogens is 888 g/mol. The molecule has 0 aromatic heterocycles. The van der Waals surface area contributed by atoms with Crippen LogP contribution in [0.5, 0.6) is 0 Å². The number of carbonyl (C=O) groups excluding carboxylic acids is 4. The molecule has 0 bridgehead atoms. The second-order valence-corrected chi connectivity index (χ2v) is 20.9. The van der Waals surface area contributed by atoms with E-state index in [9.17, 15) is 19.2 Å². The second kappa shape index (κ2) is 11.5. The fraction of sp³-hybridized carbons (Fsp3) is 0.810. The quantitative estimate of drug-likeness (QED) is 0.119. The van der Waals surface area contributed by atoms with Crippen molar-refractivity contribution >= 4 is 114 Å². The Balaban J connectivity index is 6.71. The fourth-order valence-corrected chi connectivity index (χ4v) is 2.20. The van der Waals surface area contributed by atoms with Crippen LogP contribution in [0.1, 0.15) is 69.2 Å². The van der Waals surface area contributed by atoms with Gasteiger partial charge in [-0.3, -0.25) is 19.2 Å². The van der Waals surface area contributed by atoms with E-state index in [0.29, 0.717) is 0 Å². The lowest BCUT2D eigenvalue weighted by atomic mass is 9.90. The minimum absolute atomic E-state index is 0.364. The van der Waals surface area contributed by atoms with Crippen LogP contribution in [-0.4, -0.2) is 50.1 Å². The molecular formula is C21H32I4O8. The average Bonchev–Trinajstić information content (AvgIpc) is 2.55. The summed E-state index contributed by atoms with van der Waals surface area (Å²) in [7, 11) is 0. The van der Waals surface area contributed by atoms with Gasteiger partial charge in [0.15, 0.2) is 0 Å².